The van der Waals surface area contributed by atoms with E-state index < -0.39 is 16.6 Å². The Labute approximate surface area is 343 Å². The van der Waals surface area contributed by atoms with Crippen LogP contribution >= 0.6 is 0 Å². The van der Waals surface area contributed by atoms with Crippen LogP contribution in [-0.2, 0) is 25.7 Å². The van der Waals surface area contributed by atoms with E-state index in [1.165, 1.54) is 16.7 Å². The molecule has 0 aliphatic carbocycles. The van der Waals surface area contributed by atoms with Gasteiger partial charge in [-0.3, -0.25) is 9.97 Å². The van der Waals surface area contributed by atoms with Crippen molar-refractivity contribution in [2.24, 2.45) is 0 Å². The number of pyridine rings is 2. The summed E-state index contributed by atoms with van der Waals surface area (Å²) in [6, 6.07) is 32.3. The summed E-state index contributed by atoms with van der Waals surface area (Å²) >= 11 is 0. The molecule has 2 heterocycles. The molecule has 0 saturated heterocycles. The van der Waals surface area contributed by atoms with Crippen LogP contribution in [0.1, 0.15) is 75.2 Å². The number of fused-ring (bicyclic) bond motifs is 2. The fraction of sp³-hybridized carbons (Fsp3) is 0.388. The molecular formula is C49H64N2O4Si2. The van der Waals surface area contributed by atoms with E-state index in [0.717, 1.165) is 81.7 Å². The minimum Gasteiger partial charge on any atom is -0.543 e. The van der Waals surface area contributed by atoms with Gasteiger partial charge in [0.05, 0.1) is 18.1 Å². The summed E-state index contributed by atoms with van der Waals surface area (Å²) in [5.41, 5.74) is 8.99. The van der Waals surface area contributed by atoms with Crippen molar-refractivity contribution in [1.29, 1.82) is 0 Å². The Morgan fingerprint density at radius 2 is 0.895 bits per heavy atom. The van der Waals surface area contributed by atoms with E-state index in [9.17, 15) is 5.11 Å². The van der Waals surface area contributed by atoms with Gasteiger partial charge >= 0.3 is 0 Å². The quantitative estimate of drug-likeness (QED) is 0.132. The summed E-state index contributed by atoms with van der Waals surface area (Å²) in [5.74, 6) is 3.21. The van der Waals surface area contributed by atoms with Gasteiger partial charge < -0.3 is 18.7 Å². The molecule has 0 amide bonds. The van der Waals surface area contributed by atoms with Gasteiger partial charge in [0, 0.05) is 33.3 Å². The number of phenols is 1. The highest BCUT2D eigenvalue weighted by Crippen LogP contribution is 2.42. The van der Waals surface area contributed by atoms with Crippen LogP contribution in [0.5, 0.6) is 23.0 Å². The van der Waals surface area contributed by atoms with E-state index in [0.29, 0.717) is 5.75 Å². The van der Waals surface area contributed by atoms with Gasteiger partial charge in [0.25, 0.3) is 16.6 Å². The molecule has 6 aromatic rings. The van der Waals surface area contributed by atoms with Crippen molar-refractivity contribution in [2.45, 2.75) is 117 Å². The highest BCUT2D eigenvalue weighted by molar-refractivity contribution is 6.75. The lowest BCUT2D eigenvalue weighted by molar-refractivity contribution is 0.414. The first kappa shape index (κ1) is 43.5. The second-order valence-corrected chi connectivity index (χ2v) is 27.7. The zero-order valence-electron chi connectivity index (χ0n) is 36.6. The van der Waals surface area contributed by atoms with Crippen LogP contribution in [0.25, 0.3) is 21.8 Å². The molecule has 0 unspecified atom stereocenters. The number of ether oxygens (including phenoxy) is 1. The maximum absolute atomic E-state index is 9.49. The third kappa shape index (κ3) is 10.5. The van der Waals surface area contributed by atoms with Gasteiger partial charge in [0.1, 0.15) is 23.0 Å². The summed E-state index contributed by atoms with van der Waals surface area (Å²) in [5, 5.41) is 12.0. The standard InChI is InChI=1S/C25H33NO2Si.C24H31NO2Si/c1-18-22(17-14-19-12-15-20(27-5)16-13-19)26-23-11-9-8-10-21(23)24(18)28-29(6,7)25(2,3)4;1-17-21(16-13-18-11-14-19(26)15-12-18)25-22-10-8-7-9-20(22)23(17)27-28(5,6)24(2,3)4/h8-13,15-16H,14,17H2,1-7H3;7-12,14-15,26H,13,16H2,1-6H3. The van der Waals surface area contributed by atoms with Crippen molar-refractivity contribution in [3.63, 3.8) is 0 Å². The summed E-state index contributed by atoms with van der Waals surface area (Å²) < 4.78 is 18.9. The molecule has 6 nitrogen and oxygen atoms in total. The molecule has 0 radical (unpaired) electrons. The maximum atomic E-state index is 9.49. The molecule has 1 N–H and O–H groups in total. The van der Waals surface area contributed by atoms with E-state index in [1.54, 1.807) is 19.2 Å². The number of aromatic nitrogens is 2. The zero-order valence-corrected chi connectivity index (χ0v) is 38.6. The molecule has 8 heteroatoms. The Morgan fingerprint density at radius 1 is 0.526 bits per heavy atom. The van der Waals surface area contributed by atoms with Gasteiger partial charge in [-0.05, 0) is 135 Å². The van der Waals surface area contributed by atoms with Crippen LogP contribution in [0, 0.1) is 13.8 Å². The van der Waals surface area contributed by atoms with Crippen LogP contribution in [0.3, 0.4) is 0 Å². The van der Waals surface area contributed by atoms with E-state index in [-0.39, 0.29) is 10.1 Å². The average Bonchev–Trinajstić information content (AvgIpc) is 3.16. The van der Waals surface area contributed by atoms with Crippen LogP contribution in [0.2, 0.25) is 36.3 Å². The van der Waals surface area contributed by atoms with Crippen molar-refractivity contribution >= 4 is 38.4 Å². The monoisotopic (exact) mass is 800 g/mol. The minimum absolute atomic E-state index is 0.135. The molecule has 0 bridgehead atoms. The van der Waals surface area contributed by atoms with Gasteiger partial charge in [0.15, 0.2) is 0 Å². The third-order valence-electron chi connectivity index (χ3n) is 12.1. The first-order valence-electron chi connectivity index (χ1n) is 20.3. The lowest BCUT2D eigenvalue weighted by atomic mass is 10.0. The minimum atomic E-state index is -1.97. The predicted octanol–water partition coefficient (Wildman–Crippen LogP) is 13.1. The molecule has 57 heavy (non-hydrogen) atoms. The van der Waals surface area contributed by atoms with Crippen molar-refractivity contribution in [3.8, 4) is 23.0 Å². The third-order valence-corrected chi connectivity index (χ3v) is 20.7. The normalized spacial score (nSPS) is 12.3. The van der Waals surface area contributed by atoms with Crippen LogP contribution in [0.15, 0.2) is 97.1 Å². The van der Waals surface area contributed by atoms with Gasteiger partial charge in [-0.1, -0.05) is 90.1 Å². The predicted molar refractivity (Wildman–Crippen MR) is 245 cm³/mol. The Kier molecular flexibility index (Phi) is 13.3. The Bertz CT molecular complexity index is 2290. The number of aromatic hydroxyl groups is 1. The van der Waals surface area contributed by atoms with E-state index in [2.05, 4.69) is 130 Å². The number of nitrogens with zero attached hydrogens (tertiary/aromatic N) is 2. The van der Waals surface area contributed by atoms with Crippen LogP contribution < -0.4 is 13.6 Å². The van der Waals surface area contributed by atoms with Crippen molar-refractivity contribution in [1.82, 2.24) is 9.97 Å². The lowest BCUT2D eigenvalue weighted by Gasteiger charge is -2.37. The Morgan fingerprint density at radius 3 is 1.26 bits per heavy atom. The number of benzene rings is 4. The SMILES string of the molecule is COc1ccc(CCc2nc3ccccc3c(O[Si](C)(C)C(C)(C)C)c2C)cc1.Cc1c(CCc2ccc(O)cc2)nc2ccccc2c1O[Si](C)(C)C(C)(C)C. The van der Waals surface area contributed by atoms with E-state index >= 15 is 0 Å². The van der Waals surface area contributed by atoms with E-state index in [1.807, 2.05) is 36.4 Å². The smallest absolute Gasteiger partial charge is 0.250 e. The molecule has 0 saturated carbocycles. The molecule has 6 rings (SSSR count). The number of rotatable bonds is 11. The van der Waals surface area contributed by atoms with Gasteiger partial charge in [-0.2, -0.15) is 0 Å². The molecule has 0 atom stereocenters. The number of hydrogen-bond acceptors (Lipinski definition) is 6. The summed E-state index contributed by atoms with van der Waals surface area (Å²) in [7, 11) is -2.23. The summed E-state index contributed by atoms with van der Waals surface area (Å²) in [6.07, 6.45) is 3.55. The molecule has 302 valence electrons. The number of aryl methyl sites for hydroxylation is 4. The number of phenolic OH excluding ortho intramolecular Hbond substituents is 1. The molecule has 0 aliphatic heterocycles. The summed E-state index contributed by atoms with van der Waals surface area (Å²) in [4.78, 5) is 9.93. The fourth-order valence-electron chi connectivity index (χ4n) is 6.20. The maximum Gasteiger partial charge on any atom is 0.250 e. The Balaban J connectivity index is 0.000000218. The Hall–Kier alpha value is -4.67. The molecule has 2 aromatic heterocycles. The van der Waals surface area contributed by atoms with Crippen LogP contribution in [0.4, 0.5) is 0 Å². The fourth-order valence-corrected chi connectivity index (χ4v) is 8.36. The van der Waals surface area contributed by atoms with Crippen LogP contribution in [-0.4, -0.2) is 38.8 Å². The molecule has 0 fully saturated rings. The second-order valence-electron chi connectivity index (χ2n) is 18.3. The second kappa shape index (κ2) is 17.4. The molecule has 4 aromatic carbocycles. The zero-order chi connectivity index (χ0) is 41.8. The molecule has 0 spiro atoms. The molecular weight excluding hydrogens is 737 g/mol. The van der Waals surface area contributed by atoms with Crippen molar-refractivity contribution in [2.75, 3.05) is 7.11 Å². The van der Waals surface area contributed by atoms with Gasteiger partial charge in [-0.15, -0.1) is 0 Å². The highest BCUT2D eigenvalue weighted by Gasteiger charge is 2.41. The lowest BCUT2D eigenvalue weighted by Crippen LogP contribution is -2.44. The average molecular weight is 801 g/mol. The van der Waals surface area contributed by atoms with Gasteiger partial charge in [0.2, 0.25) is 0 Å². The topological polar surface area (TPSA) is 73.7 Å². The first-order chi connectivity index (χ1) is 26.7. The van der Waals surface area contributed by atoms with Crippen molar-refractivity contribution in [3.05, 3.63) is 131 Å². The number of methoxy groups -OCH3 is 1. The van der Waals surface area contributed by atoms with E-state index in [4.69, 9.17) is 23.6 Å². The van der Waals surface area contributed by atoms with Gasteiger partial charge in [-0.25, -0.2) is 0 Å². The number of hydrogen-bond donors (Lipinski definition) is 1. The first-order valence-corrected chi connectivity index (χ1v) is 26.1. The largest absolute Gasteiger partial charge is 0.543 e. The number of para-hydroxylation sites is 2. The highest BCUT2D eigenvalue weighted by atomic mass is 28.4. The van der Waals surface area contributed by atoms with Crippen molar-refractivity contribution < 1.29 is 18.7 Å². The molecule has 0 aliphatic rings. The summed E-state index contributed by atoms with van der Waals surface area (Å²) in [6.45, 7) is 27.1.